The maximum atomic E-state index is 12.8. The average molecular weight is 460 g/mol. The molecular weight excluding hydrogens is 437 g/mol. The summed E-state index contributed by atoms with van der Waals surface area (Å²) in [5.41, 5.74) is 1.17. The third-order valence-corrected chi connectivity index (χ3v) is 6.14. The second kappa shape index (κ2) is 8.86. The summed E-state index contributed by atoms with van der Waals surface area (Å²) in [6.07, 6.45) is 0. The zero-order valence-corrected chi connectivity index (χ0v) is 18.8. The van der Waals surface area contributed by atoms with Gasteiger partial charge in [-0.2, -0.15) is 0 Å². The van der Waals surface area contributed by atoms with E-state index < -0.39 is 0 Å². The number of nitrogens with one attached hydrogen (secondary N) is 1. The van der Waals surface area contributed by atoms with Crippen molar-refractivity contribution in [2.75, 3.05) is 31.5 Å². The molecule has 1 unspecified atom stereocenters. The highest BCUT2D eigenvalue weighted by atomic mass is 35.5. The number of carbonyl (C=O) groups is 1. The standard InChI is InChI=1S/C22H23Cl2N5O2/c1-14(20-26-19-13-16(24)6-7-18(19)21(30)27(20)2)28-8-10-29(11-9-28)22(31)25-17-5-3-4-15(23)12-17/h3-7,12-14H,8-11H2,1-2H3,(H,25,31). The highest BCUT2D eigenvalue weighted by molar-refractivity contribution is 6.31. The molecule has 7 nitrogen and oxygen atoms in total. The number of amides is 2. The van der Waals surface area contributed by atoms with Gasteiger partial charge in [0.2, 0.25) is 0 Å². The lowest BCUT2D eigenvalue weighted by atomic mass is 10.2. The number of halogens is 2. The molecule has 0 aliphatic carbocycles. The van der Waals surface area contributed by atoms with E-state index in [1.165, 1.54) is 0 Å². The number of fused-ring (bicyclic) bond motifs is 1. The summed E-state index contributed by atoms with van der Waals surface area (Å²) >= 11 is 12.1. The van der Waals surface area contributed by atoms with Gasteiger partial charge in [0.15, 0.2) is 0 Å². The van der Waals surface area contributed by atoms with Crippen LogP contribution in [0.1, 0.15) is 18.8 Å². The first kappa shape index (κ1) is 21.6. The highest BCUT2D eigenvalue weighted by Gasteiger charge is 2.27. The number of urea groups is 1. The molecular formula is C22H23Cl2N5O2. The van der Waals surface area contributed by atoms with Crippen LogP contribution in [0.3, 0.4) is 0 Å². The topological polar surface area (TPSA) is 70.5 Å². The Balaban J connectivity index is 1.46. The number of piperazine rings is 1. The number of aromatic nitrogens is 2. The Bertz CT molecular complexity index is 1190. The minimum atomic E-state index is -0.152. The van der Waals surface area contributed by atoms with Crippen LogP contribution in [0.5, 0.6) is 0 Å². The molecule has 4 rings (SSSR count). The number of benzene rings is 2. The van der Waals surface area contributed by atoms with Crippen LogP contribution in [0.4, 0.5) is 10.5 Å². The molecule has 0 saturated carbocycles. The maximum Gasteiger partial charge on any atom is 0.321 e. The van der Waals surface area contributed by atoms with Gasteiger partial charge in [-0.3, -0.25) is 14.3 Å². The van der Waals surface area contributed by atoms with E-state index in [9.17, 15) is 9.59 Å². The number of hydrogen-bond acceptors (Lipinski definition) is 4. The fraction of sp³-hybridized carbons (Fsp3) is 0.318. The van der Waals surface area contributed by atoms with Gasteiger partial charge in [0.25, 0.3) is 5.56 Å². The van der Waals surface area contributed by atoms with Crippen LogP contribution in [0.15, 0.2) is 47.3 Å². The fourth-order valence-electron chi connectivity index (χ4n) is 3.88. The van der Waals surface area contributed by atoms with Gasteiger partial charge >= 0.3 is 6.03 Å². The predicted octanol–water partition coefficient (Wildman–Crippen LogP) is 4.15. The van der Waals surface area contributed by atoms with Gasteiger partial charge < -0.3 is 10.2 Å². The van der Waals surface area contributed by atoms with Crippen molar-refractivity contribution < 1.29 is 4.79 Å². The van der Waals surface area contributed by atoms with Crippen molar-refractivity contribution in [2.45, 2.75) is 13.0 Å². The third kappa shape index (κ3) is 4.54. The second-order valence-electron chi connectivity index (χ2n) is 7.64. The van der Waals surface area contributed by atoms with Crippen LogP contribution in [0.25, 0.3) is 10.9 Å². The molecule has 3 aromatic rings. The molecule has 2 aromatic carbocycles. The zero-order chi connectivity index (χ0) is 22.1. The fourth-order valence-corrected chi connectivity index (χ4v) is 4.24. The molecule has 1 aliphatic rings. The van der Waals surface area contributed by atoms with Gasteiger partial charge in [-0.25, -0.2) is 9.78 Å². The van der Waals surface area contributed by atoms with E-state index in [4.69, 9.17) is 28.2 Å². The quantitative estimate of drug-likeness (QED) is 0.638. The lowest BCUT2D eigenvalue weighted by Gasteiger charge is -2.38. The minimum absolute atomic E-state index is 0.0841. The summed E-state index contributed by atoms with van der Waals surface area (Å²) in [7, 11) is 1.74. The third-order valence-electron chi connectivity index (χ3n) is 5.67. The molecule has 1 saturated heterocycles. The molecule has 1 N–H and O–H groups in total. The zero-order valence-electron chi connectivity index (χ0n) is 17.3. The molecule has 0 radical (unpaired) electrons. The molecule has 1 atom stereocenters. The Kier molecular flexibility index (Phi) is 6.18. The van der Waals surface area contributed by atoms with Crippen molar-refractivity contribution in [3.8, 4) is 0 Å². The average Bonchev–Trinajstić information content (AvgIpc) is 2.75. The van der Waals surface area contributed by atoms with Gasteiger partial charge in [0.05, 0.1) is 16.9 Å². The van der Waals surface area contributed by atoms with Gasteiger partial charge in [-0.15, -0.1) is 0 Å². The lowest BCUT2D eigenvalue weighted by molar-refractivity contribution is 0.114. The molecule has 1 fully saturated rings. The SMILES string of the molecule is CC(c1nc2cc(Cl)ccc2c(=O)n1C)N1CCN(C(=O)Nc2cccc(Cl)c2)CC1. The summed E-state index contributed by atoms with van der Waals surface area (Å²) in [5, 5.41) is 4.55. The van der Waals surface area contributed by atoms with Gasteiger partial charge in [0, 0.05) is 49.0 Å². The smallest absolute Gasteiger partial charge is 0.321 e. The molecule has 0 bridgehead atoms. The van der Waals surface area contributed by atoms with Crippen LogP contribution in [-0.2, 0) is 7.05 Å². The Morgan fingerprint density at radius 2 is 1.77 bits per heavy atom. The van der Waals surface area contributed by atoms with E-state index in [1.54, 1.807) is 59.0 Å². The molecule has 2 amide bonds. The molecule has 31 heavy (non-hydrogen) atoms. The first-order valence-corrected chi connectivity index (χ1v) is 10.8. The van der Waals surface area contributed by atoms with Crippen molar-refractivity contribution in [1.82, 2.24) is 19.4 Å². The first-order valence-electron chi connectivity index (χ1n) is 10.0. The minimum Gasteiger partial charge on any atom is -0.322 e. The summed E-state index contributed by atoms with van der Waals surface area (Å²) in [5.74, 6) is 0.677. The van der Waals surface area contributed by atoms with Crippen molar-refractivity contribution in [3.05, 3.63) is 68.7 Å². The molecule has 1 aromatic heterocycles. The van der Waals surface area contributed by atoms with E-state index in [2.05, 4.69) is 10.2 Å². The number of hydrogen-bond donors (Lipinski definition) is 1. The molecule has 9 heteroatoms. The number of anilines is 1. The molecule has 0 spiro atoms. The van der Waals surface area contributed by atoms with Crippen molar-refractivity contribution in [1.29, 1.82) is 0 Å². The van der Waals surface area contributed by atoms with E-state index in [0.717, 1.165) is 0 Å². The summed E-state index contributed by atoms with van der Waals surface area (Å²) in [6, 6.07) is 12.0. The van der Waals surface area contributed by atoms with Crippen molar-refractivity contribution in [2.24, 2.45) is 7.05 Å². The van der Waals surface area contributed by atoms with E-state index in [0.29, 0.717) is 58.6 Å². The molecule has 1 aliphatic heterocycles. The highest BCUT2D eigenvalue weighted by Crippen LogP contribution is 2.23. The summed E-state index contributed by atoms with van der Waals surface area (Å²) in [4.78, 5) is 34.1. The lowest BCUT2D eigenvalue weighted by Crippen LogP contribution is -2.51. The Morgan fingerprint density at radius 1 is 1.06 bits per heavy atom. The van der Waals surface area contributed by atoms with E-state index >= 15 is 0 Å². The van der Waals surface area contributed by atoms with Crippen LogP contribution in [0.2, 0.25) is 10.0 Å². The monoisotopic (exact) mass is 459 g/mol. The number of carbonyl (C=O) groups excluding carboxylic acids is 1. The molecule has 2 heterocycles. The van der Waals surface area contributed by atoms with Crippen LogP contribution in [-0.4, -0.2) is 51.6 Å². The Hall–Kier alpha value is -2.61. The number of rotatable bonds is 3. The van der Waals surface area contributed by atoms with E-state index in [-0.39, 0.29) is 17.6 Å². The van der Waals surface area contributed by atoms with Crippen molar-refractivity contribution >= 4 is 45.8 Å². The molecule has 162 valence electrons. The van der Waals surface area contributed by atoms with Crippen LogP contribution in [0, 0.1) is 0 Å². The van der Waals surface area contributed by atoms with E-state index in [1.807, 2.05) is 6.92 Å². The maximum absolute atomic E-state index is 12.8. The largest absolute Gasteiger partial charge is 0.322 e. The van der Waals surface area contributed by atoms with Gasteiger partial charge in [-0.1, -0.05) is 29.3 Å². The van der Waals surface area contributed by atoms with Crippen LogP contribution >= 0.6 is 23.2 Å². The summed E-state index contributed by atoms with van der Waals surface area (Å²) in [6.45, 7) is 4.52. The number of nitrogens with zero attached hydrogens (tertiary/aromatic N) is 4. The summed E-state index contributed by atoms with van der Waals surface area (Å²) < 4.78 is 1.60. The van der Waals surface area contributed by atoms with Crippen LogP contribution < -0.4 is 10.9 Å². The van der Waals surface area contributed by atoms with Gasteiger partial charge in [-0.05, 0) is 43.3 Å². The second-order valence-corrected chi connectivity index (χ2v) is 8.51. The van der Waals surface area contributed by atoms with Gasteiger partial charge in [0.1, 0.15) is 5.82 Å². The Labute approximate surface area is 190 Å². The predicted molar refractivity (Wildman–Crippen MR) is 124 cm³/mol. The van der Waals surface area contributed by atoms with Crippen molar-refractivity contribution in [3.63, 3.8) is 0 Å². The Morgan fingerprint density at radius 3 is 2.48 bits per heavy atom. The first-order chi connectivity index (χ1) is 14.8. The normalized spacial score (nSPS) is 15.8.